The zero-order chi connectivity index (χ0) is 14.7. The van der Waals surface area contributed by atoms with Crippen LogP contribution in [0.2, 0.25) is 0 Å². The molecule has 0 spiro atoms. The first-order valence-electron chi connectivity index (χ1n) is 6.26. The van der Waals surface area contributed by atoms with Crippen molar-refractivity contribution in [3.63, 3.8) is 0 Å². The van der Waals surface area contributed by atoms with Crippen LogP contribution in [0.1, 0.15) is 26.8 Å². The van der Waals surface area contributed by atoms with Gasteiger partial charge in [-0.1, -0.05) is 0 Å². The lowest BCUT2D eigenvalue weighted by molar-refractivity contribution is 0.0701. The number of carbonyl (C=O) groups excluding carboxylic acids is 1. The van der Waals surface area contributed by atoms with Crippen LogP contribution in [0.15, 0.2) is 0 Å². The molecule has 0 aromatic carbocycles. The van der Waals surface area contributed by atoms with E-state index in [1.54, 1.807) is 18.9 Å². The fraction of sp³-hybridized carbons (Fsp3) is 0.583. The third-order valence-electron chi connectivity index (χ3n) is 3.19. The standard InChI is InChI=1S/C12H17N3O4S/c1-7-10(11(16)17)20-9(14-7)5-13-12(18)15-4-3-8(6-15)19-2/h8H,3-6H2,1-2H3,(H,13,18)(H,16,17). The van der Waals surface area contributed by atoms with Crippen molar-refractivity contribution >= 4 is 23.3 Å². The van der Waals surface area contributed by atoms with Gasteiger partial charge in [0.2, 0.25) is 0 Å². The summed E-state index contributed by atoms with van der Waals surface area (Å²) >= 11 is 1.09. The Balaban J connectivity index is 1.87. The highest BCUT2D eigenvalue weighted by molar-refractivity contribution is 7.13. The number of amides is 2. The lowest BCUT2D eigenvalue weighted by atomic mass is 10.3. The number of aryl methyl sites for hydroxylation is 1. The average molecular weight is 299 g/mol. The molecule has 1 aliphatic heterocycles. The Kier molecular flexibility index (Phi) is 4.56. The number of nitrogens with zero attached hydrogens (tertiary/aromatic N) is 2. The van der Waals surface area contributed by atoms with E-state index in [4.69, 9.17) is 9.84 Å². The van der Waals surface area contributed by atoms with Gasteiger partial charge in [-0.05, 0) is 13.3 Å². The average Bonchev–Trinajstić information content (AvgIpc) is 3.02. The monoisotopic (exact) mass is 299 g/mol. The van der Waals surface area contributed by atoms with Crippen molar-refractivity contribution in [2.45, 2.75) is 26.0 Å². The van der Waals surface area contributed by atoms with Crippen LogP contribution in [0.5, 0.6) is 0 Å². The quantitative estimate of drug-likeness (QED) is 0.868. The second kappa shape index (κ2) is 6.19. The van der Waals surface area contributed by atoms with E-state index in [9.17, 15) is 9.59 Å². The number of carboxylic acid groups (broad SMARTS) is 1. The van der Waals surface area contributed by atoms with E-state index in [1.807, 2.05) is 0 Å². The van der Waals surface area contributed by atoms with Gasteiger partial charge in [0, 0.05) is 20.2 Å². The lowest BCUT2D eigenvalue weighted by Gasteiger charge is -2.16. The molecule has 0 saturated carbocycles. The largest absolute Gasteiger partial charge is 0.477 e. The normalized spacial score (nSPS) is 18.3. The molecule has 1 fully saturated rings. The van der Waals surface area contributed by atoms with Gasteiger partial charge in [0.25, 0.3) is 0 Å². The number of carbonyl (C=O) groups is 2. The van der Waals surface area contributed by atoms with Gasteiger partial charge in [0.15, 0.2) is 0 Å². The van der Waals surface area contributed by atoms with Crippen molar-refractivity contribution < 1.29 is 19.4 Å². The zero-order valence-corrected chi connectivity index (χ0v) is 12.2. The molecule has 1 atom stereocenters. The van der Waals surface area contributed by atoms with Gasteiger partial charge in [-0.15, -0.1) is 11.3 Å². The molecule has 0 bridgehead atoms. The van der Waals surface area contributed by atoms with Gasteiger partial charge < -0.3 is 20.1 Å². The van der Waals surface area contributed by atoms with E-state index in [2.05, 4.69) is 10.3 Å². The molecule has 2 N–H and O–H groups in total. The van der Waals surface area contributed by atoms with Gasteiger partial charge in [-0.25, -0.2) is 14.6 Å². The summed E-state index contributed by atoms with van der Waals surface area (Å²) in [4.78, 5) is 28.9. The molecule has 2 rings (SSSR count). The summed E-state index contributed by atoms with van der Waals surface area (Å²) in [7, 11) is 1.64. The van der Waals surface area contributed by atoms with E-state index >= 15 is 0 Å². The van der Waals surface area contributed by atoms with Crippen molar-refractivity contribution in [1.82, 2.24) is 15.2 Å². The number of thiazole rings is 1. The molecule has 1 aliphatic rings. The van der Waals surface area contributed by atoms with Crippen LogP contribution in [0.4, 0.5) is 4.79 Å². The maximum Gasteiger partial charge on any atom is 0.347 e. The number of aromatic nitrogens is 1. The number of ether oxygens (including phenoxy) is 1. The highest BCUT2D eigenvalue weighted by Gasteiger charge is 2.26. The van der Waals surface area contributed by atoms with E-state index in [-0.39, 0.29) is 23.6 Å². The maximum absolute atomic E-state index is 11.9. The first kappa shape index (κ1) is 14.7. The first-order valence-corrected chi connectivity index (χ1v) is 7.08. The molecule has 1 aromatic heterocycles. The van der Waals surface area contributed by atoms with E-state index in [1.165, 1.54) is 0 Å². The Bertz CT molecular complexity index is 517. The lowest BCUT2D eigenvalue weighted by Crippen LogP contribution is -2.38. The van der Waals surface area contributed by atoms with Crippen molar-refractivity contribution in [2.24, 2.45) is 0 Å². The number of methoxy groups -OCH3 is 1. The van der Waals surface area contributed by atoms with E-state index in [0.717, 1.165) is 17.8 Å². The van der Waals surface area contributed by atoms with Crippen LogP contribution in [-0.2, 0) is 11.3 Å². The molecular formula is C12H17N3O4S. The Morgan fingerprint density at radius 2 is 2.35 bits per heavy atom. The minimum absolute atomic E-state index is 0.0986. The fourth-order valence-electron chi connectivity index (χ4n) is 2.09. The van der Waals surface area contributed by atoms with E-state index < -0.39 is 5.97 Å². The summed E-state index contributed by atoms with van der Waals surface area (Å²) in [5.74, 6) is -0.986. The molecule has 110 valence electrons. The maximum atomic E-state index is 11.9. The summed E-state index contributed by atoms with van der Waals surface area (Å²) < 4.78 is 5.20. The number of aromatic carboxylic acids is 1. The van der Waals surface area contributed by atoms with Crippen molar-refractivity contribution in [2.75, 3.05) is 20.2 Å². The Morgan fingerprint density at radius 3 is 2.90 bits per heavy atom. The van der Waals surface area contributed by atoms with Crippen LogP contribution in [0, 0.1) is 6.92 Å². The van der Waals surface area contributed by atoms with Gasteiger partial charge in [-0.3, -0.25) is 0 Å². The summed E-state index contributed by atoms with van der Waals surface area (Å²) in [5, 5.41) is 12.3. The molecule has 0 aliphatic carbocycles. The fourth-order valence-corrected chi connectivity index (χ4v) is 2.94. The number of hydrogen-bond acceptors (Lipinski definition) is 5. The Hall–Kier alpha value is -1.67. The molecule has 0 radical (unpaired) electrons. The number of urea groups is 1. The van der Waals surface area contributed by atoms with Crippen molar-refractivity contribution in [3.8, 4) is 0 Å². The molecule has 20 heavy (non-hydrogen) atoms. The Morgan fingerprint density at radius 1 is 1.60 bits per heavy atom. The SMILES string of the molecule is COC1CCN(C(=O)NCc2nc(C)c(C(=O)O)s2)C1. The summed E-state index contributed by atoms with van der Waals surface area (Å²) in [6, 6.07) is -0.172. The van der Waals surface area contributed by atoms with Crippen LogP contribution in [0.3, 0.4) is 0 Å². The summed E-state index contributed by atoms with van der Waals surface area (Å²) in [6.07, 6.45) is 0.935. The summed E-state index contributed by atoms with van der Waals surface area (Å²) in [6.45, 7) is 3.14. The molecule has 1 unspecified atom stereocenters. The van der Waals surface area contributed by atoms with Gasteiger partial charge >= 0.3 is 12.0 Å². The van der Waals surface area contributed by atoms with Gasteiger partial charge in [-0.2, -0.15) is 0 Å². The third-order valence-corrected chi connectivity index (χ3v) is 4.34. The highest BCUT2D eigenvalue weighted by Crippen LogP contribution is 2.18. The van der Waals surface area contributed by atoms with Crippen LogP contribution in [0.25, 0.3) is 0 Å². The van der Waals surface area contributed by atoms with Crippen molar-refractivity contribution in [3.05, 3.63) is 15.6 Å². The molecule has 7 nitrogen and oxygen atoms in total. The molecule has 1 aromatic rings. The van der Waals surface area contributed by atoms with Crippen LogP contribution >= 0.6 is 11.3 Å². The molecular weight excluding hydrogens is 282 g/mol. The molecule has 1 saturated heterocycles. The number of carboxylic acids is 1. The first-order chi connectivity index (χ1) is 9.51. The Labute approximate surface area is 120 Å². The second-order valence-corrected chi connectivity index (χ2v) is 5.66. The predicted molar refractivity (Wildman–Crippen MR) is 73.0 cm³/mol. The topological polar surface area (TPSA) is 91.8 Å². The molecule has 2 amide bonds. The number of rotatable bonds is 4. The predicted octanol–water partition coefficient (Wildman–Crippen LogP) is 1.08. The zero-order valence-electron chi connectivity index (χ0n) is 11.4. The van der Waals surface area contributed by atoms with E-state index in [0.29, 0.717) is 23.8 Å². The van der Waals surface area contributed by atoms with Gasteiger partial charge in [0.1, 0.15) is 9.88 Å². The third kappa shape index (κ3) is 3.26. The minimum Gasteiger partial charge on any atom is -0.477 e. The molecule has 8 heteroatoms. The minimum atomic E-state index is -0.986. The smallest absolute Gasteiger partial charge is 0.347 e. The van der Waals surface area contributed by atoms with Crippen molar-refractivity contribution in [1.29, 1.82) is 0 Å². The second-order valence-electron chi connectivity index (χ2n) is 4.58. The van der Waals surface area contributed by atoms with Crippen LogP contribution < -0.4 is 5.32 Å². The number of nitrogens with one attached hydrogen (secondary N) is 1. The summed E-state index contributed by atoms with van der Waals surface area (Å²) in [5.41, 5.74) is 0.479. The molecule has 2 heterocycles. The van der Waals surface area contributed by atoms with Crippen LogP contribution in [-0.4, -0.2) is 53.3 Å². The number of likely N-dealkylation sites (tertiary alicyclic amines) is 1. The number of hydrogen-bond donors (Lipinski definition) is 2. The highest BCUT2D eigenvalue weighted by atomic mass is 32.1. The van der Waals surface area contributed by atoms with Gasteiger partial charge in [0.05, 0.1) is 18.3 Å².